The Bertz CT molecular complexity index is 1180. The van der Waals surface area contributed by atoms with Gasteiger partial charge >= 0.3 is 12.1 Å². The molecule has 1 unspecified atom stereocenters. The summed E-state index contributed by atoms with van der Waals surface area (Å²) in [5.74, 6) is -1.52. The van der Waals surface area contributed by atoms with Crippen LogP contribution in [0.2, 0.25) is 0 Å². The molecule has 0 amide bonds. The number of aliphatic carboxylic acids is 1. The zero-order chi connectivity index (χ0) is 25.6. The van der Waals surface area contributed by atoms with E-state index in [2.05, 4.69) is 0 Å². The normalized spacial score (nSPS) is 12.2. The zero-order valence-corrected chi connectivity index (χ0v) is 19.1. The van der Waals surface area contributed by atoms with Crippen molar-refractivity contribution in [2.45, 2.75) is 39.0 Å². The minimum Gasteiger partial charge on any atom is -0.493 e. The average molecular weight is 492 g/mol. The Morgan fingerprint density at radius 1 is 0.971 bits per heavy atom. The number of carbonyl (C=O) groups is 1. The van der Waals surface area contributed by atoms with Crippen molar-refractivity contribution >= 4 is 5.97 Å². The monoisotopic (exact) mass is 492 g/mol. The predicted molar refractivity (Wildman–Crippen MR) is 121 cm³/mol. The van der Waals surface area contributed by atoms with Crippen LogP contribution in [0.3, 0.4) is 0 Å². The lowest BCUT2D eigenvalue weighted by Gasteiger charge is -2.19. The predicted octanol–water partition coefficient (Wildman–Crippen LogP) is 6.81. The molecule has 3 rings (SSSR count). The second-order valence-corrected chi connectivity index (χ2v) is 7.93. The van der Waals surface area contributed by atoms with Gasteiger partial charge < -0.3 is 19.3 Å². The van der Waals surface area contributed by atoms with Crippen molar-refractivity contribution in [2.75, 3.05) is 6.61 Å². The average Bonchev–Trinajstić information content (AvgIpc) is 2.77. The molecule has 0 bridgehead atoms. The van der Waals surface area contributed by atoms with Gasteiger partial charge in [-0.3, -0.25) is 4.79 Å². The number of carboxylic acid groups (broad SMARTS) is 1. The Balaban J connectivity index is 1.67. The quantitative estimate of drug-likeness (QED) is 0.315. The molecule has 9 heteroatoms. The molecule has 35 heavy (non-hydrogen) atoms. The molecule has 0 saturated heterocycles. The van der Waals surface area contributed by atoms with Crippen molar-refractivity contribution in [1.82, 2.24) is 0 Å². The van der Waals surface area contributed by atoms with Crippen LogP contribution < -0.4 is 14.2 Å². The lowest BCUT2D eigenvalue weighted by atomic mass is 10.1. The van der Waals surface area contributed by atoms with Gasteiger partial charge in [0.1, 0.15) is 5.75 Å². The third kappa shape index (κ3) is 7.37. The molecule has 0 aromatic heterocycles. The van der Waals surface area contributed by atoms with Gasteiger partial charge in [0.2, 0.25) is 0 Å². The molecule has 1 atom stereocenters. The summed E-state index contributed by atoms with van der Waals surface area (Å²) in [6.07, 6.45) is -4.78. The Kier molecular flexibility index (Phi) is 8.22. The molecular formula is C26H24F4O5. The van der Waals surface area contributed by atoms with Crippen LogP contribution in [-0.2, 0) is 17.4 Å². The standard InChI is InChI=1S/C26H24F4O5/c1-16-13-18(14-25(31)32)7-9-21(16)33-12-11-17(2)34-23-10-8-19(26(28,29)30)15-24(23)35-22-6-4-3-5-20(22)27/h3-10,13,15,17H,11-12,14H2,1-2H3,(H,31,32). The number of benzene rings is 3. The second-order valence-electron chi connectivity index (χ2n) is 7.93. The SMILES string of the molecule is Cc1cc(CC(=O)O)ccc1OCCC(C)Oc1ccc(C(F)(F)F)cc1Oc1ccccc1F. The smallest absolute Gasteiger partial charge is 0.416 e. The number of ether oxygens (including phenoxy) is 3. The zero-order valence-electron chi connectivity index (χ0n) is 19.1. The van der Waals surface area contributed by atoms with Crippen molar-refractivity contribution in [2.24, 2.45) is 0 Å². The van der Waals surface area contributed by atoms with Crippen LogP contribution in [0.5, 0.6) is 23.0 Å². The summed E-state index contributed by atoms with van der Waals surface area (Å²) >= 11 is 0. The van der Waals surface area contributed by atoms with Crippen LogP contribution in [0.25, 0.3) is 0 Å². The first-order valence-electron chi connectivity index (χ1n) is 10.8. The molecule has 0 aliphatic heterocycles. The number of hydrogen-bond acceptors (Lipinski definition) is 4. The fourth-order valence-electron chi connectivity index (χ4n) is 3.28. The fourth-order valence-corrected chi connectivity index (χ4v) is 3.28. The van der Waals surface area contributed by atoms with Gasteiger partial charge in [-0.1, -0.05) is 24.3 Å². The van der Waals surface area contributed by atoms with E-state index in [0.29, 0.717) is 17.7 Å². The molecule has 0 spiro atoms. The van der Waals surface area contributed by atoms with E-state index in [1.165, 1.54) is 18.2 Å². The lowest BCUT2D eigenvalue weighted by Crippen LogP contribution is -2.17. The van der Waals surface area contributed by atoms with E-state index in [1.54, 1.807) is 32.0 Å². The highest BCUT2D eigenvalue weighted by Gasteiger charge is 2.32. The van der Waals surface area contributed by atoms with Crippen molar-refractivity contribution in [3.63, 3.8) is 0 Å². The maximum Gasteiger partial charge on any atom is 0.416 e. The maximum atomic E-state index is 14.0. The minimum absolute atomic E-state index is 0.0305. The van der Waals surface area contributed by atoms with E-state index in [0.717, 1.165) is 29.8 Å². The minimum atomic E-state index is -4.61. The van der Waals surface area contributed by atoms with Gasteiger partial charge in [-0.05, 0) is 61.4 Å². The number of rotatable bonds is 10. The third-order valence-electron chi connectivity index (χ3n) is 5.03. The van der Waals surface area contributed by atoms with Gasteiger partial charge in [0.15, 0.2) is 23.1 Å². The Labute approximate surface area is 199 Å². The number of alkyl halides is 3. The van der Waals surface area contributed by atoms with Gasteiger partial charge in [0, 0.05) is 6.42 Å². The van der Waals surface area contributed by atoms with Crippen molar-refractivity contribution in [1.29, 1.82) is 0 Å². The van der Waals surface area contributed by atoms with E-state index < -0.39 is 29.6 Å². The highest BCUT2D eigenvalue weighted by molar-refractivity contribution is 5.70. The van der Waals surface area contributed by atoms with Gasteiger partial charge in [0.05, 0.1) is 24.7 Å². The highest BCUT2D eigenvalue weighted by atomic mass is 19.4. The highest BCUT2D eigenvalue weighted by Crippen LogP contribution is 2.39. The topological polar surface area (TPSA) is 65.0 Å². The van der Waals surface area contributed by atoms with Crippen LogP contribution in [-0.4, -0.2) is 23.8 Å². The van der Waals surface area contributed by atoms with E-state index >= 15 is 0 Å². The first-order chi connectivity index (χ1) is 16.5. The largest absolute Gasteiger partial charge is 0.493 e. The van der Waals surface area contributed by atoms with E-state index in [1.807, 2.05) is 0 Å². The lowest BCUT2D eigenvalue weighted by molar-refractivity contribution is -0.138. The first kappa shape index (κ1) is 25.9. The van der Waals surface area contributed by atoms with Gasteiger partial charge in [-0.15, -0.1) is 0 Å². The molecule has 0 aliphatic carbocycles. The van der Waals surface area contributed by atoms with E-state index in [4.69, 9.17) is 19.3 Å². The number of halogens is 4. The van der Waals surface area contributed by atoms with Crippen LogP contribution in [0.4, 0.5) is 17.6 Å². The Hall–Kier alpha value is -3.75. The third-order valence-corrected chi connectivity index (χ3v) is 5.03. The number of para-hydroxylation sites is 1. The Morgan fingerprint density at radius 3 is 2.34 bits per heavy atom. The summed E-state index contributed by atoms with van der Waals surface area (Å²) in [4.78, 5) is 10.8. The molecule has 0 fully saturated rings. The molecule has 3 aromatic rings. The molecular weight excluding hydrogens is 468 g/mol. The van der Waals surface area contributed by atoms with Crippen LogP contribution >= 0.6 is 0 Å². The second kappa shape index (κ2) is 11.1. The van der Waals surface area contributed by atoms with Crippen molar-refractivity contribution in [3.05, 3.63) is 83.2 Å². The summed E-state index contributed by atoms with van der Waals surface area (Å²) in [5.41, 5.74) is 0.485. The summed E-state index contributed by atoms with van der Waals surface area (Å²) in [7, 11) is 0. The van der Waals surface area contributed by atoms with Gasteiger partial charge in [-0.2, -0.15) is 13.2 Å². The molecule has 0 radical (unpaired) electrons. The molecule has 186 valence electrons. The van der Waals surface area contributed by atoms with Crippen LogP contribution in [0.15, 0.2) is 60.7 Å². The number of carboxylic acids is 1. The van der Waals surface area contributed by atoms with E-state index in [9.17, 15) is 22.4 Å². The molecule has 0 saturated carbocycles. The summed E-state index contributed by atoms with van der Waals surface area (Å²) < 4.78 is 70.6. The maximum absolute atomic E-state index is 14.0. The van der Waals surface area contributed by atoms with Crippen molar-refractivity contribution in [3.8, 4) is 23.0 Å². The van der Waals surface area contributed by atoms with Gasteiger partial charge in [-0.25, -0.2) is 4.39 Å². The molecule has 0 heterocycles. The fraction of sp³-hybridized carbons (Fsp3) is 0.269. The van der Waals surface area contributed by atoms with E-state index in [-0.39, 0.29) is 30.3 Å². The summed E-state index contributed by atoms with van der Waals surface area (Å²) in [5, 5.41) is 8.89. The summed E-state index contributed by atoms with van der Waals surface area (Å²) in [6, 6.07) is 13.3. The molecule has 1 N–H and O–H groups in total. The van der Waals surface area contributed by atoms with Crippen LogP contribution in [0, 0.1) is 12.7 Å². The van der Waals surface area contributed by atoms with Crippen LogP contribution in [0.1, 0.15) is 30.0 Å². The van der Waals surface area contributed by atoms with Gasteiger partial charge in [0.25, 0.3) is 0 Å². The number of aryl methyl sites for hydroxylation is 1. The number of hydrogen-bond donors (Lipinski definition) is 1. The molecule has 3 aromatic carbocycles. The Morgan fingerprint density at radius 2 is 1.69 bits per heavy atom. The molecule has 5 nitrogen and oxygen atoms in total. The first-order valence-corrected chi connectivity index (χ1v) is 10.8. The summed E-state index contributed by atoms with van der Waals surface area (Å²) in [6.45, 7) is 3.76. The van der Waals surface area contributed by atoms with Crippen molar-refractivity contribution < 1.29 is 41.7 Å². The molecule has 0 aliphatic rings.